The molecule has 0 spiro atoms. The Bertz CT molecular complexity index is 850. The molecule has 8 nitrogen and oxygen atoms in total. The zero-order valence-electron chi connectivity index (χ0n) is 15.7. The second kappa shape index (κ2) is 6.61. The van der Waals surface area contributed by atoms with E-state index in [4.69, 9.17) is 5.73 Å². The van der Waals surface area contributed by atoms with Crippen LogP contribution >= 0.6 is 0 Å². The zero-order chi connectivity index (χ0) is 19.1. The molecule has 6 rings (SSSR count). The summed E-state index contributed by atoms with van der Waals surface area (Å²) >= 11 is 0. The molecule has 4 fully saturated rings. The number of amides is 1. The van der Waals surface area contributed by atoms with Crippen LogP contribution in [-0.4, -0.2) is 26.4 Å². The topological polar surface area (TPSA) is 118 Å². The largest absolute Gasteiger partial charge is 0.393 e. The van der Waals surface area contributed by atoms with E-state index >= 15 is 0 Å². The SMILES string of the molecule is Nc1c(NNC(=O)c2ccccn2)ncnc1NC12CC3CC(CC(C3)C1)C2. The smallest absolute Gasteiger partial charge is 0.288 e. The van der Waals surface area contributed by atoms with E-state index in [0.717, 1.165) is 17.8 Å². The van der Waals surface area contributed by atoms with E-state index in [0.29, 0.717) is 23.0 Å². The van der Waals surface area contributed by atoms with Crippen molar-refractivity contribution >= 4 is 23.2 Å². The Balaban J connectivity index is 1.30. The molecule has 4 bridgehead atoms. The van der Waals surface area contributed by atoms with Crippen molar-refractivity contribution < 1.29 is 4.79 Å². The molecule has 146 valence electrons. The van der Waals surface area contributed by atoms with Gasteiger partial charge in [-0.15, -0.1) is 0 Å². The van der Waals surface area contributed by atoms with Gasteiger partial charge in [-0.2, -0.15) is 0 Å². The highest BCUT2D eigenvalue weighted by molar-refractivity contribution is 5.93. The molecule has 0 atom stereocenters. The quantitative estimate of drug-likeness (QED) is 0.590. The summed E-state index contributed by atoms with van der Waals surface area (Å²) in [4.78, 5) is 24.8. The molecule has 8 heteroatoms. The van der Waals surface area contributed by atoms with Crippen LogP contribution in [-0.2, 0) is 0 Å². The van der Waals surface area contributed by atoms with Crippen molar-refractivity contribution in [1.82, 2.24) is 20.4 Å². The van der Waals surface area contributed by atoms with Crippen LogP contribution in [0.1, 0.15) is 49.0 Å². The fraction of sp³-hybridized carbons (Fsp3) is 0.500. The summed E-state index contributed by atoms with van der Waals surface area (Å²) in [6.45, 7) is 0. The second-order valence-corrected chi connectivity index (χ2v) is 8.60. The van der Waals surface area contributed by atoms with E-state index in [1.807, 2.05) is 0 Å². The molecule has 4 saturated carbocycles. The number of carbonyl (C=O) groups excluding carboxylic acids is 1. The molecule has 0 aromatic carbocycles. The Morgan fingerprint density at radius 2 is 1.68 bits per heavy atom. The van der Waals surface area contributed by atoms with Gasteiger partial charge in [0.15, 0.2) is 11.6 Å². The molecular weight excluding hydrogens is 354 g/mol. The maximum Gasteiger partial charge on any atom is 0.288 e. The van der Waals surface area contributed by atoms with E-state index in [2.05, 4.69) is 31.1 Å². The summed E-state index contributed by atoms with van der Waals surface area (Å²) in [6.07, 6.45) is 10.8. The number of hydrogen-bond donors (Lipinski definition) is 4. The zero-order valence-corrected chi connectivity index (χ0v) is 15.7. The highest BCUT2D eigenvalue weighted by Gasteiger charge is 2.51. The number of nitrogen functional groups attached to an aromatic ring is 1. The van der Waals surface area contributed by atoms with Gasteiger partial charge in [-0.25, -0.2) is 9.97 Å². The lowest BCUT2D eigenvalue weighted by atomic mass is 9.53. The maximum atomic E-state index is 12.2. The first-order valence-corrected chi connectivity index (χ1v) is 9.96. The van der Waals surface area contributed by atoms with Gasteiger partial charge in [0, 0.05) is 11.7 Å². The summed E-state index contributed by atoms with van der Waals surface area (Å²) in [5, 5.41) is 3.67. The predicted octanol–water partition coefficient (Wildman–Crippen LogP) is 2.59. The summed E-state index contributed by atoms with van der Waals surface area (Å²) in [5.74, 6) is 3.17. The van der Waals surface area contributed by atoms with Crippen LogP contribution in [0.5, 0.6) is 0 Å². The van der Waals surface area contributed by atoms with Crippen molar-refractivity contribution in [2.24, 2.45) is 17.8 Å². The van der Waals surface area contributed by atoms with Crippen molar-refractivity contribution in [1.29, 1.82) is 0 Å². The van der Waals surface area contributed by atoms with Crippen LogP contribution in [0.3, 0.4) is 0 Å². The molecule has 28 heavy (non-hydrogen) atoms. The molecule has 2 aromatic rings. The van der Waals surface area contributed by atoms with Gasteiger partial charge in [0.25, 0.3) is 5.91 Å². The molecule has 0 radical (unpaired) electrons. The van der Waals surface area contributed by atoms with Crippen molar-refractivity contribution in [3.05, 3.63) is 36.4 Å². The van der Waals surface area contributed by atoms with E-state index in [1.165, 1.54) is 44.9 Å². The normalized spacial score (nSPS) is 30.1. The minimum atomic E-state index is -0.353. The minimum Gasteiger partial charge on any atom is -0.393 e. The van der Waals surface area contributed by atoms with Crippen LogP contribution in [0, 0.1) is 17.8 Å². The lowest BCUT2D eigenvalue weighted by molar-refractivity contribution is 0.0106. The third-order valence-electron chi connectivity index (χ3n) is 6.50. The standard InChI is InChI=1S/C20H25N7O/c21-16-17(25-20-8-12-5-13(9-20)7-14(6-12)10-20)23-11-24-18(16)26-27-19(28)15-3-1-2-4-22-15/h1-4,11-14H,5-10,21H2,(H,27,28)(H2,23,24,25,26). The maximum absolute atomic E-state index is 12.2. The van der Waals surface area contributed by atoms with Crippen molar-refractivity contribution in [3.63, 3.8) is 0 Å². The molecule has 0 unspecified atom stereocenters. The molecular formula is C20H25N7O. The number of hydrazine groups is 1. The summed E-state index contributed by atoms with van der Waals surface area (Å²) in [5.41, 5.74) is 12.6. The van der Waals surface area contributed by atoms with Gasteiger partial charge in [0.05, 0.1) is 0 Å². The van der Waals surface area contributed by atoms with Crippen molar-refractivity contribution in [2.75, 3.05) is 16.5 Å². The van der Waals surface area contributed by atoms with E-state index in [9.17, 15) is 4.79 Å². The summed E-state index contributed by atoms with van der Waals surface area (Å²) in [7, 11) is 0. The number of nitrogens with two attached hydrogens (primary N) is 1. The monoisotopic (exact) mass is 379 g/mol. The lowest BCUT2D eigenvalue weighted by Crippen LogP contribution is -2.55. The number of hydrogen-bond acceptors (Lipinski definition) is 7. The first kappa shape index (κ1) is 17.2. The van der Waals surface area contributed by atoms with Gasteiger partial charge in [-0.05, 0) is 68.4 Å². The summed E-state index contributed by atoms with van der Waals surface area (Å²) < 4.78 is 0. The average molecular weight is 379 g/mol. The molecule has 4 aliphatic carbocycles. The number of nitrogens with one attached hydrogen (secondary N) is 3. The van der Waals surface area contributed by atoms with E-state index in [1.54, 1.807) is 24.4 Å². The number of aromatic nitrogens is 3. The van der Waals surface area contributed by atoms with Crippen LogP contribution in [0.4, 0.5) is 17.3 Å². The number of anilines is 3. The molecule has 0 aliphatic heterocycles. The van der Waals surface area contributed by atoms with Crippen LogP contribution in [0.15, 0.2) is 30.7 Å². The lowest BCUT2D eigenvalue weighted by Gasteiger charge is -2.57. The Kier molecular flexibility index (Phi) is 4.07. The third kappa shape index (κ3) is 3.12. The predicted molar refractivity (Wildman–Crippen MR) is 106 cm³/mol. The van der Waals surface area contributed by atoms with Gasteiger partial charge in [0.1, 0.15) is 17.7 Å². The second-order valence-electron chi connectivity index (χ2n) is 8.60. The van der Waals surface area contributed by atoms with E-state index in [-0.39, 0.29) is 11.4 Å². The number of nitrogens with zero attached hydrogens (tertiary/aromatic N) is 3. The average Bonchev–Trinajstić information content (AvgIpc) is 2.68. The fourth-order valence-corrected chi connectivity index (χ4v) is 5.79. The van der Waals surface area contributed by atoms with Gasteiger partial charge in [-0.1, -0.05) is 6.07 Å². The highest BCUT2D eigenvalue weighted by Crippen LogP contribution is 2.56. The Labute approximate surface area is 163 Å². The molecule has 5 N–H and O–H groups in total. The van der Waals surface area contributed by atoms with Gasteiger partial charge >= 0.3 is 0 Å². The number of rotatable bonds is 5. The first-order valence-electron chi connectivity index (χ1n) is 9.96. The van der Waals surface area contributed by atoms with Crippen molar-refractivity contribution in [3.8, 4) is 0 Å². The van der Waals surface area contributed by atoms with Crippen molar-refractivity contribution in [2.45, 2.75) is 44.1 Å². The Hall–Kier alpha value is -2.90. The van der Waals surface area contributed by atoms with Gasteiger partial charge in [-0.3, -0.25) is 20.6 Å². The molecule has 1 amide bonds. The number of carbonyl (C=O) groups is 1. The minimum absolute atomic E-state index is 0.103. The third-order valence-corrected chi connectivity index (χ3v) is 6.50. The Morgan fingerprint density at radius 3 is 2.32 bits per heavy atom. The van der Waals surface area contributed by atoms with Crippen LogP contribution in [0.25, 0.3) is 0 Å². The first-order chi connectivity index (χ1) is 13.6. The molecule has 0 saturated heterocycles. The highest BCUT2D eigenvalue weighted by atomic mass is 16.2. The summed E-state index contributed by atoms with van der Waals surface area (Å²) in [6, 6.07) is 5.16. The van der Waals surface area contributed by atoms with Gasteiger partial charge in [0.2, 0.25) is 0 Å². The fourth-order valence-electron chi connectivity index (χ4n) is 5.79. The van der Waals surface area contributed by atoms with Crippen LogP contribution < -0.4 is 21.9 Å². The van der Waals surface area contributed by atoms with Gasteiger partial charge < -0.3 is 11.1 Å². The molecule has 2 aromatic heterocycles. The van der Waals surface area contributed by atoms with E-state index < -0.39 is 0 Å². The Morgan fingerprint density at radius 1 is 1.00 bits per heavy atom. The number of pyridine rings is 1. The van der Waals surface area contributed by atoms with Crippen LogP contribution in [0.2, 0.25) is 0 Å². The molecule has 4 aliphatic rings. The molecule has 2 heterocycles.